The monoisotopic (exact) mass is 754 g/mol. The Morgan fingerprint density at radius 2 is 0.864 bits per heavy atom. The summed E-state index contributed by atoms with van der Waals surface area (Å²) in [4.78, 5) is 2.44. The quantitative estimate of drug-likeness (QED) is 0.157. The molecular weight excluding hydrogens is 713 g/mol. The fourth-order valence-corrected chi connectivity index (χ4v) is 9.54. The van der Waals surface area contributed by atoms with Gasteiger partial charge in [-0.05, 0) is 105 Å². The fraction of sp³-hybridized carbons (Fsp3) is 0.0526. The number of rotatable bonds is 7. The summed E-state index contributed by atoms with van der Waals surface area (Å²) in [5.41, 5.74) is 19.5. The molecule has 0 saturated heterocycles. The predicted molar refractivity (Wildman–Crippen MR) is 249 cm³/mol. The summed E-state index contributed by atoms with van der Waals surface area (Å²) in [6, 6.07) is 79.7. The number of para-hydroxylation sites is 2. The van der Waals surface area contributed by atoms with E-state index >= 15 is 0 Å². The van der Waals surface area contributed by atoms with E-state index in [-0.39, 0.29) is 5.41 Å². The zero-order valence-electron chi connectivity index (χ0n) is 33.2. The summed E-state index contributed by atoms with van der Waals surface area (Å²) in [7, 11) is 0. The van der Waals surface area contributed by atoms with E-state index in [4.69, 9.17) is 0 Å². The lowest BCUT2D eigenvalue weighted by atomic mass is 9.82. The van der Waals surface area contributed by atoms with Crippen LogP contribution in [-0.4, -0.2) is 4.57 Å². The van der Waals surface area contributed by atoms with Crippen molar-refractivity contribution in [2.24, 2.45) is 0 Å². The van der Waals surface area contributed by atoms with Crippen molar-refractivity contribution in [3.8, 4) is 50.2 Å². The van der Waals surface area contributed by atoms with Gasteiger partial charge in [-0.2, -0.15) is 0 Å². The van der Waals surface area contributed by atoms with Crippen LogP contribution in [0.15, 0.2) is 218 Å². The van der Waals surface area contributed by atoms with Crippen molar-refractivity contribution in [1.82, 2.24) is 4.57 Å². The molecule has 0 N–H and O–H groups in total. The van der Waals surface area contributed by atoms with Crippen LogP contribution in [0.4, 0.5) is 17.1 Å². The predicted octanol–water partition coefficient (Wildman–Crippen LogP) is 15.6. The molecule has 59 heavy (non-hydrogen) atoms. The van der Waals surface area contributed by atoms with Gasteiger partial charge in [-0.15, -0.1) is 0 Å². The molecule has 0 unspecified atom stereocenters. The molecule has 0 atom stereocenters. The molecule has 10 aromatic rings. The molecule has 2 heteroatoms. The molecule has 9 aromatic carbocycles. The average molecular weight is 755 g/mol. The molecule has 1 aromatic heterocycles. The van der Waals surface area contributed by atoms with E-state index in [9.17, 15) is 0 Å². The summed E-state index contributed by atoms with van der Waals surface area (Å²) in [5, 5.41) is 2.54. The first-order chi connectivity index (χ1) is 29.0. The van der Waals surface area contributed by atoms with E-state index in [0.717, 1.165) is 11.4 Å². The Hall–Kier alpha value is -7.42. The van der Waals surface area contributed by atoms with Crippen LogP contribution in [-0.2, 0) is 5.41 Å². The van der Waals surface area contributed by atoms with Crippen LogP contribution in [0.25, 0.3) is 72.0 Å². The van der Waals surface area contributed by atoms with Crippen molar-refractivity contribution >= 4 is 38.9 Å². The molecule has 0 radical (unpaired) electrons. The Labute approximate surface area is 345 Å². The SMILES string of the molecule is CC1(C)c2ccccc2-c2c(N(c3ccc(-c4ccccc4)cc3)c3ccc(-c4ccc(-c5cccc6c5c5ccccc5n6-c5ccccc5)cc4)cc3)cccc21. The van der Waals surface area contributed by atoms with Crippen molar-refractivity contribution in [2.75, 3.05) is 4.90 Å². The molecule has 1 heterocycles. The van der Waals surface area contributed by atoms with Crippen LogP contribution in [0.1, 0.15) is 25.0 Å². The number of nitrogens with zero attached hydrogens (tertiary/aromatic N) is 2. The third kappa shape index (κ3) is 5.71. The smallest absolute Gasteiger partial charge is 0.0547 e. The minimum atomic E-state index is -0.0920. The van der Waals surface area contributed by atoms with E-state index < -0.39 is 0 Å². The highest BCUT2D eigenvalue weighted by molar-refractivity contribution is 6.15. The highest BCUT2D eigenvalue weighted by Crippen LogP contribution is 2.54. The molecule has 0 spiro atoms. The Morgan fingerprint density at radius 1 is 0.373 bits per heavy atom. The lowest BCUT2D eigenvalue weighted by molar-refractivity contribution is 0.660. The van der Waals surface area contributed by atoms with Crippen molar-refractivity contribution in [1.29, 1.82) is 0 Å². The third-order valence-electron chi connectivity index (χ3n) is 12.4. The van der Waals surface area contributed by atoms with Gasteiger partial charge in [0.15, 0.2) is 0 Å². The summed E-state index contributed by atoms with van der Waals surface area (Å²) < 4.78 is 2.38. The van der Waals surface area contributed by atoms with Gasteiger partial charge in [0.25, 0.3) is 0 Å². The van der Waals surface area contributed by atoms with E-state index in [1.54, 1.807) is 0 Å². The van der Waals surface area contributed by atoms with Crippen molar-refractivity contribution < 1.29 is 0 Å². The zero-order valence-corrected chi connectivity index (χ0v) is 33.2. The largest absolute Gasteiger partial charge is 0.310 e. The molecule has 0 fully saturated rings. The maximum atomic E-state index is 2.44. The fourth-order valence-electron chi connectivity index (χ4n) is 9.54. The third-order valence-corrected chi connectivity index (χ3v) is 12.4. The van der Waals surface area contributed by atoms with Crippen LogP contribution >= 0.6 is 0 Å². The van der Waals surface area contributed by atoms with Gasteiger partial charge in [0.05, 0.1) is 16.7 Å². The Morgan fingerprint density at radius 3 is 1.56 bits per heavy atom. The first-order valence-electron chi connectivity index (χ1n) is 20.5. The molecule has 1 aliphatic rings. The lowest BCUT2D eigenvalue weighted by Gasteiger charge is -2.29. The van der Waals surface area contributed by atoms with E-state index in [1.165, 1.54) is 88.8 Å². The van der Waals surface area contributed by atoms with E-state index in [1.807, 2.05) is 0 Å². The van der Waals surface area contributed by atoms with Gasteiger partial charge >= 0.3 is 0 Å². The molecule has 0 amide bonds. The van der Waals surface area contributed by atoms with Crippen molar-refractivity contribution in [3.05, 3.63) is 230 Å². The summed E-state index contributed by atoms with van der Waals surface area (Å²) in [6.07, 6.45) is 0. The minimum absolute atomic E-state index is 0.0920. The highest BCUT2D eigenvalue weighted by Gasteiger charge is 2.37. The minimum Gasteiger partial charge on any atom is -0.310 e. The topological polar surface area (TPSA) is 8.17 Å². The van der Waals surface area contributed by atoms with Crippen LogP contribution in [0.3, 0.4) is 0 Å². The first-order valence-corrected chi connectivity index (χ1v) is 20.5. The van der Waals surface area contributed by atoms with Gasteiger partial charge in [0.1, 0.15) is 0 Å². The number of hydrogen-bond acceptors (Lipinski definition) is 1. The molecule has 1 aliphatic carbocycles. The summed E-state index contributed by atoms with van der Waals surface area (Å²) >= 11 is 0. The summed E-state index contributed by atoms with van der Waals surface area (Å²) in [6.45, 7) is 4.70. The van der Waals surface area contributed by atoms with Gasteiger partial charge in [0, 0.05) is 38.8 Å². The molecule has 11 rings (SSSR count). The van der Waals surface area contributed by atoms with Crippen molar-refractivity contribution in [2.45, 2.75) is 19.3 Å². The zero-order chi connectivity index (χ0) is 39.5. The summed E-state index contributed by atoms with van der Waals surface area (Å²) in [5.74, 6) is 0. The highest BCUT2D eigenvalue weighted by atomic mass is 15.1. The molecule has 0 saturated carbocycles. The second-order valence-electron chi connectivity index (χ2n) is 16.1. The van der Waals surface area contributed by atoms with Crippen LogP contribution in [0, 0.1) is 0 Å². The number of benzene rings is 9. The van der Waals surface area contributed by atoms with Crippen LogP contribution in [0.2, 0.25) is 0 Å². The molecular formula is C57H42N2. The standard InChI is InChI=1S/C57H42N2/c1-57(2)50-22-11-9-19-48(50)56-51(57)23-14-26-54(56)58(45-35-31-41(32-36-45)39-15-5-3-6-16-39)46-37-33-42(34-38-46)40-27-29-43(30-28-40)47-21-13-25-53-55(47)49-20-10-12-24-52(49)59(53)44-17-7-4-8-18-44/h3-38H,1-2H3. The second-order valence-corrected chi connectivity index (χ2v) is 16.1. The maximum absolute atomic E-state index is 2.44. The number of hydrogen-bond donors (Lipinski definition) is 0. The van der Waals surface area contributed by atoms with Gasteiger partial charge in [-0.3, -0.25) is 0 Å². The maximum Gasteiger partial charge on any atom is 0.0547 e. The second kappa shape index (κ2) is 13.9. The molecule has 0 bridgehead atoms. The number of anilines is 3. The lowest BCUT2D eigenvalue weighted by Crippen LogP contribution is -2.16. The molecule has 280 valence electrons. The average Bonchev–Trinajstić information content (AvgIpc) is 3.76. The van der Waals surface area contributed by atoms with Crippen molar-refractivity contribution in [3.63, 3.8) is 0 Å². The van der Waals surface area contributed by atoms with Gasteiger partial charge in [-0.25, -0.2) is 0 Å². The van der Waals surface area contributed by atoms with Gasteiger partial charge < -0.3 is 9.47 Å². The number of fused-ring (bicyclic) bond motifs is 6. The van der Waals surface area contributed by atoms with E-state index in [2.05, 4.69) is 242 Å². The molecule has 2 nitrogen and oxygen atoms in total. The normalized spacial score (nSPS) is 12.7. The van der Waals surface area contributed by atoms with Gasteiger partial charge in [-0.1, -0.05) is 178 Å². The first kappa shape index (κ1) is 34.8. The van der Waals surface area contributed by atoms with Crippen LogP contribution < -0.4 is 4.90 Å². The van der Waals surface area contributed by atoms with Gasteiger partial charge in [0.2, 0.25) is 0 Å². The van der Waals surface area contributed by atoms with E-state index in [0.29, 0.717) is 0 Å². The molecule has 0 aliphatic heterocycles. The number of aromatic nitrogens is 1. The van der Waals surface area contributed by atoms with Crippen LogP contribution in [0.5, 0.6) is 0 Å². The Bertz CT molecular complexity index is 3140. The Kier molecular flexibility index (Phi) is 8.20. The Balaban J connectivity index is 0.981.